The number of rotatable bonds is 6. The highest BCUT2D eigenvalue weighted by Gasteiger charge is 2.13. The van der Waals surface area contributed by atoms with Crippen LogP contribution in [0.25, 0.3) is 0 Å². The van der Waals surface area contributed by atoms with Crippen LogP contribution in [-0.2, 0) is 13.0 Å². The van der Waals surface area contributed by atoms with Crippen molar-refractivity contribution < 1.29 is 20.1 Å². The lowest BCUT2D eigenvalue weighted by Crippen LogP contribution is -2.32. The fourth-order valence-corrected chi connectivity index (χ4v) is 2.70. The Morgan fingerprint density at radius 2 is 1.83 bits per heavy atom. The Bertz CT molecular complexity index is 1200. The molecule has 3 rings (SSSR count). The molecule has 9 heteroatoms. The summed E-state index contributed by atoms with van der Waals surface area (Å²) in [7, 11) is 0. The van der Waals surface area contributed by atoms with Crippen LogP contribution in [-0.4, -0.2) is 37.1 Å². The number of carboxylic acid groups (broad SMARTS) is 1. The molecule has 1 aromatic heterocycles. The molecule has 0 aliphatic heterocycles. The van der Waals surface area contributed by atoms with Gasteiger partial charge in [-0.3, -0.25) is 19.3 Å². The fraction of sp³-hybridized carbons (Fsp3) is 0.100. The van der Waals surface area contributed by atoms with Crippen molar-refractivity contribution in [3.63, 3.8) is 0 Å². The third-order valence-corrected chi connectivity index (χ3v) is 4.23. The molecule has 0 bridgehead atoms. The molecule has 0 radical (unpaired) electrons. The van der Waals surface area contributed by atoms with E-state index in [0.29, 0.717) is 6.42 Å². The minimum Gasteiger partial charge on any atom is -0.507 e. The van der Waals surface area contributed by atoms with Gasteiger partial charge in [0, 0.05) is 18.8 Å². The number of H-pyrrole nitrogens is 1. The molecule has 2 aromatic carbocycles. The number of aromatic nitrogens is 2. The Morgan fingerprint density at radius 3 is 2.48 bits per heavy atom. The molecule has 4 N–H and O–H groups in total. The second-order valence-electron chi connectivity index (χ2n) is 6.15. The van der Waals surface area contributed by atoms with E-state index in [-0.39, 0.29) is 23.4 Å². The highest BCUT2D eigenvalue weighted by molar-refractivity contribution is 5.91. The predicted octanol–water partition coefficient (Wildman–Crippen LogP) is 1.64. The number of carbonyl (C=O) groups is 1. The van der Waals surface area contributed by atoms with E-state index in [4.69, 9.17) is 5.11 Å². The Labute approximate surface area is 163 Å². The number of nitrogens with one attached hydrogen (secondary N) is 1. The highest BCUT2D eigenvalue weighted by atomic mass is 16.4. The predicted molar refractivity (Wildman–Crippen MR) is 105 cm³/mol. The Morgan fingerprint density at radius 1 is 1.10 bits per heavy atom. The number of hydrogen-bond donors (Lipinski definition) is 4. The summed E-state index contributed by atoms with van der Waals surface area (Å²) in [5, 5.41) is 29.0. The van der Waals surface area contributed by atoms with E-state index in [1.807, 2.05) is 30.3 Å². The molecule has 3 aromatic rings. The molecular weight excluding hydrogens is 378 g/mol. The van der Waals surface area contributed by atoms with E-state index in [1.165, 1.54) is 6.07 Å². The summed E-state index contributed by atoms with van der Waals surface area (Å²) in [4.78, 5) is 41.2. The van der Waals surface area contributed by atoms with Crippen LogP contribution in [0.4, 0.5) is 5.69 Å². The molecule has 0 amide bonds. The highest BCUT2D eigenvalue weighted by Crippen LogP contribution is 2.24. The van der Waals surface area contributed by atoms with Crippen LogP contribution in [0.1, 0.15) is 21.5 Å². The van der Waals surface area contributed by atoms with Crippen LogP contribution in [0.15, 0.2) is 63.1 Å². The van der Waals surface area contributed by atoms with E-state index < -0.39 is 28.8 Å². The molecule has 0 saturated carbocycles. The summed E-state index contributed by atoms with van der Waals surface area (Å²) in [6.45, 7) is 0.139. The zero-order valence-electron chi connectivity index (χ0n) is 15.1. The number of aromatic carboxylic acids is 1. The summed E-state index contributed by atoms with van der Waals surface area (Å²) in [6, 6.07) is 12.9. The van der Waals surface area contributed by atoms with Gasteiger partial charge in [-0.25, -0.2) is 9.59 Å². The van der Waals surface area contributed by atoms with Gasteiger partial charge in [0.2, 0.25) is 5.88 Å². The normalized spacial score (nSPS) is 11.0. The van der Waals surface area contributed by atoms with Crippen molar-refractivity contribution in [3.05, 3.63) is 86.1 Å². The van der Waals surface area contributed by atoms with E-state index in [0.717, 1.165) is 28.5 Å². The molecule has 0 spiro atoms. The third kappa shape index (κ3) is 4.41. The van der Waals surface area contributed by atoms with Crippen molar-refractivity contribution >= 4 is 17.9 Å². The monoisotopic (exact) mass is 395 g/mol. The standard InChI is InChI=1S/C20H17N3O6/c24-16-10-13(6-7-14(16)19(27)28)21-11-15-17(25)22-20(29)23(18(15)26)9-8-12-4-2-1-3-5-12/h1-7,10-11,24,26H,8-9H2,(H,27,28)(H,22,25,29). The number of aromatic amines is 1. The molecule has 1 heterocycles. The Balaban J connectivity index is 1.90. The van der Waals surface area contributed by atoms with Gasteiger partial charge < -0.3 is 15.3 Å². The van der Waals surface area contributed by atoms with Gasteiger partial charge in [0.05, 0.1) is 5.69 Å². The minimum atomic E-state index is -1.29. The van der Waals surface area contributed by atoms with Crippen molar-refractivity contribution in [1.82, 2.24) is 9.55 Å². The third-order valence-electron chi connectivity index (χ3n) is 4.23. The zero-order valence-corrected chi connectivity index (χ0v) is 15.1. The Hall–Kier alpha value is -4.14. The number of hydrogen-bond acceptors (Lipinski definition) is 6. The lowest BCUT2D eigenvalue weighted by molar-refractivity contribution is 0.0694. The first kappa shape index (κ1) is 19.6. The van der Waals surface area contributed by atoms with Crippen molar-refractivity contribution in [3.8, 4) is 11.6 Å². The number of phenols is 1. The van der Waals surface area contributed by atoms with Gasteiger partial charge in [0.15, 0.2) is 0 Å². The maximum atomic E-state index is 12.1. The van der Waals surface area contributed by atoms with Crippen LogP contribution in [0, 0.1) is 0 Å². The van der Waals surface area contributed by atoms with Crippen LogP contribution < -0.4 is 11.2 Å². The number of aromatic hydroxyl groups is 2. The molecule has 0 atom stereocenters. The number of aryl methyl sites for hydroxylation is 1. The average Bonchev–Trinajstić information content (AvgIpc) is 2.68. The molecule has 9 nitrogen and oxygen atoms in total. The number of aliphatic imine (C=N–C) groups is 1. The number of nitrogens with zero attached hydrogens (tertiary/aromatic N) is 2. The molecule has 0 aliphatic rings. The van der Waals surface area contributed by atoms with Gasteiger partial charge in [0.25, 0.3) is 5.56 Å². The summed E-state index contributed by atoms with van der Waals surface area (Å²) < 4.78 is 1.03. The topological polar surface area (TPSA) is 145 Å². The first-order valence-electron chi connectivity index (χ1n) is 8.57. The van der Waals surface area contributed by atoms with Gasteiger partial charge in [0.1, 0.15) is 16.9 Å². The summed E-state index contributed by atoms with van der Waals surface area (Å²) in [6.07, 6.45) is 1.50. The van der Waals surface area contributed by atoms with Crippen LogP contribution in [0.2, 0.25) is 0 Å². The Kier molecular flexibility index (Phi) is 5.59. The number of benzene rings is 2. The van der Waals surface area contributed by atoms with Gasteiger partial charge in [-0.05, 0) is 24.1 Å². The second kappa shape index (κ2) is 8.26. The van der Waals surface area contributed by atoms with Crippen molar-refractivity contribution in [2.24, 2.45) is 4.99 Å². The van der Waals surface area contributed by atoms with Crippen LogP contribution in [0.5, 0.6) is 11.6 Å². The SMILES string of the molecule is O=C(O)c1ccc(N=Cc2c(O)n(CCc3ccccc3)c(=O)[nH]c2=O)cc1O. The van der Waals surface area contributed by atoms with Gasteiger partial charge in [-0.15, -0.1) is 0 Å². The minimum absolute atomic E-state index is 0.139. The molecule has 0 saturated heterocycles. The molecule has 0 fully saturated rings. The van der Waals surface area contributed by atoms with Crippen molar-refractivity contribution in [1.29, 1.82) is 0 Å². The van der Waals surface area contributed by atoms with Crippen LogP contribution in [0.3, 0.4) is 0 Å². The molecule has 148 valence electrons. The smallest absolute Gasteiger partial charge is 0.339 e. The van der Waals surface area contributed by atoms with E-state index >= 15 is 0 Å². The van der Waals surface area contributed by atoms with Crippen molar-refractivity contribution in [2.75, 3.05) is 0 Å². The molecule has 29 heavy (non-hydrogen) atoms. The van der Waals surface area contributed by atoms with E-state index in [9.17, 15) is 24.6 Å². The van der Waals surface area contributed by atoms with Gasteiger partial charge in [-0.1, -0.05) is 30.3 Å². The lowest BCUT2D eigenvalue weighted by atomic mass is 10.1. The largest absolute Gasteiger partial charge is 0.507 e. The fourth-order valence-electron chi connectivity index (χ4n) is 2.70. The van der Waals surface area contributed by atoms with Gasteiger partial charge in [-0.2, -0.15) is 0 Å². The first-order valence-corrected chi connectivity index (χ1v) is 8.57. The van der Waals surface area contributed by atoms with Crippen molar-refractivity contribution in [2.45, 2.75) is 13.0 Å². The summed E-state index contributed by atoms with van der Waals surface area (Å²) in [5.74, 6) is -2.32. The lowest BCUT2D eigenvalue weighted by Gasteiger charge is -2.09. The quantitative estimate of drug-likeness (QED) is 0.467. The number of carboxylic acids is 1. The van der Waals surface area contributed by atoms with E-state index in [2.05, 4.69) is 9.98 Å². The molecule has 0 aliphatic carbocycles. The maximum absolute atomic E-state index is 12.1. The van der Waals surface area contributed by atoms with Gasteiger partial charge >= 0.3 is 11.7 Å². The summed E-state index contributed by atoms with van der Waals surface area (Å²) >= 11 is 0. The van der Waals surface area contributed by atoms with E-state index in [1.54, 1.807) is 0 Å². The maximum Gasteiger partial charge on any atom is 0.339 e. The summed E-state index contributed by atoms with van der Waals surface area (Å²) in [5.41, 5.74) is -0.983. The second-order valence-corrected chi connectivity index (χ2v) is 6.15. The first-order chi connectivity index (χ1) is 13.9. The molecule has 0 unspecified atom stereocenters. The molecular formula is C20H17N3O6. The zero-order chi connectivity index (χ0) is 21.0. The van der Waals surface area contributed by atoms with Crippen LogP contribution >= 0.6 is 0 Å². The average molecular weight is 395 g/mol.